The van der Waals surface area contributed by atoms with E-state index in [-0.39, 0.29) is 17.9 Å². The number of aryl methyl sites for hydroxylation is 2. The smallest absolute Gasteiger partial charge is 0.228 e. The fourth-order valence-corrected chi connectivity index (χ4v) is 6.72. The minimum atomic E-state index is 0.0335. The van der Waals surface area contributed by atoms with Crippen LogP contribution in [0.4, 0.5) is 5.69 Å². The molecule has 8 heteroatoms. The van der Waals surface area contributed by atoms with Crippen molar-refractivity contribution < 1.29 is 9.59 Å². The Kier molecular flexibility index (Phi) is 7.67. The van der Waals surface area contributed by atoms with Crippen LogP contribution in [0.25, 0.3) is 0 Å². The molecule has 2 aliphatic heterocycles. The van der Waals surface area contributed by atoms with Crippen molar-refractivity contribution in [2.75, 3.05) is 18.0 Å². The van der Waals surface area contributed by atoms with E-state index >= 15 is 0 Å². The molecule has 0 N–H and O–H groups in total. The maximum Gasteiger partial charge on any atom is 0.228 e. The number of anilines is 1. The van der Waals surface area contributed by atoms with Crippen molar-refractivity contribution in [1.82, 2.24) is 19.8 Å². The Morgan fingerprint density at radius 1 is 1.03 bits per heavy atom. The standard InChI is InChI=1S/C29H35N5O2S/c1-20-28(37-21(2)31-20)16-29(36)32-17-23-8-4-5-10-27(23)33(22(3)35)15-13-25-11-12-26(19-32)34(25)18-24-9-6-7-14-30-24/h4-10,14,25-26H,11-13,15-19H2,1-3H3/t25-,26+/m0/s1. The molecule has 5 rings (SSSR count). The molecule has 0 saturated carbocycles. The van der Waals surface area contributed by atoms with Crippen molar-refractivity contribution in [3.8, 4) is 0 Å². The average Bonchev–Trinajstić information content (AvgIpc) is 3.39. The SMILES string of the molecule is CC(=O)N1CC[C@@H]2CC[C@H](CN(C(=O)Cc3sc(C)nc3C)Cc3ccccc31)N2Cc1ccccn1. The van der Waals surface area contributed by atoms with Crippen molar-refractivity contribution in [3.63, 3.8) is 0 Å². The third-order valence-electron chi connectivity index (χ3n) is 7.65. The molecule has 2 aliphatic rings. The van der Waals surface area contributed by atoms with Crippen molar-refractivity contribution in [2.45, 2.75) is 71.6 Å². The number of amides is 2. The van der Waals surface area contributed by atoms with Gasteiger partial charge in [0, 0.05) is 61.9 Å². The van der Waals surface area contributed by atoms with Gasteiger partial charge in [0.15, 0.2) is 0 Å². The second kappa shape index (κ2) is 11.1. The zero-order valence-electron chi connectivity index (χ0n) is 21.9. The van der Waals surface area contributed by atoms with E-state index in [1.807, 2.05) is 60.2 Å². The van der Waals surface area contributed by atoms with E-state index in [0.29, 0.717) is 32.1 Å². The zero-order chi connectivity index (χ0) is 25.9. The quantitative estimate of drug-likeness (QED) is 0.509. The number of hydrogen-bond acceptors (Lipinski definition) is 6. The summed E-state index contributed by atoms with van der Waals surface area (Å²) in [6, 6.07) is 14.7. The monoisotopic (exact) mass is 517 g/mol. The van der Waals surface area contributed by atoms with Crippen LogP contribution in [-0.4, -0.2) is 56.8 Å². The Labute approximate surface area is 223 Å². The minimum absolute atomic E-state index is 0.0335. The first kappa shape index (κ1) is 25.5. The third kappa shape index (κ3) is 5.75. The molecular formula is C29H35N5O2S. The average molecular weight is 518 g/mol. The van der Waals surface area contributed by atoms with Crippen LogP contribution in [0.1, 0.15) is 53.0 Å². The van der Waals surface area contributed by atoms with Crippen molar-refractivity contribution >= 4 is 28.8 Å². The van der Waals surface area contributed by atoms with Gasteiger partial charge in [-0.25, -0.2) is 4.98 Å². The molecular weight excluding hydrogens is 482 g/mol. The highest BCUT2D eigenvalue weighted by Gasteiger charge is 2.37. The summed E-state index contributed by atoms with van der Waals surface area (Å²) in [5.41, 5.74) is 3.90. The largest absolute Gasteiger partial charge is 0.336 e. The first-order valence-corrected chi connectivity index (χ1v) is 13.9. The number of thiazole rings is 1. The van der Waals surface area contributed by atoms with Gasteiger partial charge in [-0.15, -0.1) is 11.3 Å². The molecule has 2 bridgehead atoms. The van der Waals surface area contributed by atoms with Gasteiger partial charge in [0.1, 0.15) is 0 Å². The summed E-state index contributed by atoms with van der Waals surface area (Å²) in [4.78, 5) is 43.2. The van der Waals surface area contributed by atoms with Crippen LogP contribution < -0.4 is 4.90 Å². The molecule has 0 aliphatic carbocycles. The number of nitrogens with zero attached hydrogens (tertiary/aromatic N) is 5. The van der Waals surface area contributed by atoms with Gasteiger partial charge in [-0.1, -0.05) is 24.3 Å². The van der Waals surface area contributed by atoms with E-state index in [1.165, 1.54) is 0 Å². The van der Waals surface area contributed by atoms with E-state index in [4.69, 9.17) is 0 Å². The minimum Gasteiger partial charge on any atom is -0.336 e. The van der Waals surface area contributed by atoms with Gasteiger partial charge in [0.05, 0.1) is 22.8 Å². The molecule has 2 amide bonds. The second-order valence-corrected chi connectivity index (χ2v) is 11.4. The van der Waals surface area contributed by atoms with E-state index in [2.05, 4.69) is 27.0 Å². The maximum absolute atomic E-state index is 13.8. The fourth-order valence-electron chi connectivity index (χ4n) is 5.79. The molecule has 2 atom stereocenters. The van der Waals surface area contributed by atoms with Gasteiger partial charge < -0.3 is 9.80 Å². The number of carbonyl (C=O) groups excluding carboxylic acids is 2. The molecule has 0 radical (unpaired) electrons. The summed E-state index contributed by atoms with van der Waals surface area (Å²) < 4.78 is 0. The lowest BCUT2D eigenvalue weighted by Gasteiger charge is -2.33. The highest BCUT2D eigenvalue weighted by atomic mass is 32.1. The number of rotatable bonds is 4. The fraction of sp³-hybridized carbons (Fsp3) is 0.448. The molecule has 1 saturated heterocycles. The number of fused-ring (bicyclic) bond motifs is 3. The first-order valence-electron chi connectivity index (χ1n) is 13.1. The van der Waals surface area contributed by atoms with Gasteiger partial charge in [0.25, 0.3) is 0 Å². The number of aromatic nitrogens is 2. The van der Waals surface area contributed by atoms with Crippen LogP contribution in [0.5, 0.6) is 0 Å². The van der Waals surface area contributed by atoms with Crippen LogP contribution in [0.2, 0.25) is 0 Å². The summed E-state index contributed by atoms with van der Waals surface area (Å²) in [5, 5.41) is 0.986. The van der Waals surface area contributed by atoms with Crippen LogP contribution >= 0.6 is 11.3 Å². The molecule has 1 aromatic carbocycles. The summed E-state index contributed by atoms with van der Waals surface area (Å²) in [6.07, 6.45) is 5.17. The summed E-state index contributed by atoms with van der Waals surface area (Å²) in [6.45, 7) is 8.15. The number of pyridine rings is 1. The van der Waals surface area contributed by atoms with Crippen molar-refractivity contribution in [2.24, 2.45) is 0 Å². The second-order valence-electron chi connectivity index (χ2n) is 10.2. The lowest BCUT2D eigenvalue weighted by atomic mass is 10.1. The summed E-state index contributed by atoms with van der Waals surface area (Å²) >= 11 is 1.60. The van der Waals surface area contributed by atoms with Gasteiger partial charge >= 0.3 is 0 Å². The topological polar surface area (TPSA) is 69.6 Å². The molecule has 7 nitrogen and oxygen atoms in total. The molecule has 37 heavy (non-hydrogen) atoms. The zero-order valence-corrected chi connectivity index (χ0v) is 22.7. The van der Waals surface area contributed by atoms with E-state index in [0.717, 1.165) is 58.3 Å². The highest BCUT2D eigenvalue weighted by Crippen LogP contribution is 2.32. The van der Waals surface area contributed by atoms with Gasteiger partial charge in [-0.05, 0) is 56.9 Å². The van der Waals surface area contributed by atoms with Crippen LogP contribution in [0.3, 0.4) is 0 Å². The molecule has 3 aromatic rings. The lowest BCUT2D eigenvalue weighted by Crippen LogP contribution is -2.45. The van der Waals surface area contributed by atoms with Crippen LogP contribution in [-0.2, 0) is 29.1 Å². The van der Waals surface area contributed by atoms with Crippen LogP contribution in [0.15, 0.2) is 48.7 Å². The molecule has 2 aromatic heterocycles. The van der Waals surface area contributed by atoms with Gasteiger partial charge in [-0.3, -0.25) is 19.5 Å². The van der Waals surface area contributed by atoms with Gasteiger partial charge in [0.2, 0.25) is 11.8 Å². The van der Waals surface area contributed by atoms with Gasteiger partial charge in [-0.2, -0.15) is 0 Å². The van der Waals surface area contributed by atoms with Crippen molar-refractivity contribution in [1.29, 1.82) is 0 Å². The van der Waals surface area contributed by atoms with E-state index in [9.17, 15) is 9.59 Å². The van der Waals surface area contributed by atoms with Crippen molar-refractivity contribution in [3.05, 3.63) is 75.5 Å². The third-order valence-corrected chi connectivity index (χ3v) is 8.72. The Hall–Kier alpha value is -3.10. The molecule has 194 valence electrons. The number of para-hydroxylation sites is 1. The van der Waals surface area contributed by atoms with Crippen LogP contribution in [0, 0.1) is 13.8 Å². The Morgan fingerprint density at radius 3 is 2.54 bits per heavy atom. The Balaban J connectivity index is 1.50. The normalized spacial score (nSPS) is 20.4. The Bertz CT molecular complexity index is 1260. The number of hydrogen-bond donors (Lipinski definition) is 0. The summed E-state index contributed by atoms with van der Waals surface area (Å²) in [7, 11) is 0. The molecule has 4 heterocycles. The lowest BCUT2D eigenvalue weighted by molar-refractivity contribution is -0.132. The predicted molar refractivity (Wildman–Crippen MR) is 146 cm³/mol. The maximum atomic E-state index is 13.8. The number of benzene rings is 1. The first-order chi connectivity index (χ1) is 17.9. The predicted octanol–water partition coefficient (Wildman–Crippen LogP) is 4.52. The van der Waals surface area contributed by atoms with E-state index < -0.39 is 0 Å². The Morgan fingerprint density at radius 2 is 1.81 bits per heavy atom. The summed E-state index contributed by atoms with van der Waals surface area (Å²) in [5.74, 6) is 0.141. The molecule has 0 unspecified atom stereocenters. The van der Waals surface area contributed by atoms with E-state index in [1.54, 1.807) is 18.3 Å². The highest BCUT2D eigenvalue weighted by molar-refractivity contribution is 7.11. The molecule has 0 spiro atoms. The molecule has 1 fully saturated rings. The number of carbonyl (C=O) groups is 2.